The predicted octanol–water partition coefficient (Wildman–Crippen LogP) is 0.228. The van der Waals surface area contributed by atoms with Crippen LogP contribution in [0, 0.1) is 0 Å². The summed E-state index contributed by atoms with van der Waals surface area (Å²) in [5.41, 5.74) is 0. The molecule has 0 aromatic rings. The van der Waals surface area contributed by atoms with E-state index in [1.54, 1.807) is 0 Å². The van der Waals surface area contributed by atoms with Crippen LogP contribution >= 0.6 is 0 Å². The molecule has 0 spiro atoms. The van der Waals surface area contributed by atoms with E-state index >= 15 is 0 Å². The fourth-order valence-electron chi connectivity index (χ4n) is 1.94. The zero-order valence-electron chi connectivity index (χ0n) is 10.2. The monoisotopic (exact) mass is 266 g/mol. The maximum absolute atomic E-state index is 12.8. The van der Waals surface area contributed by atoms with Gasteiger partial charge in [-0.05, 0) is 13.1 Å². The topological polar surface area (TPSA) is 57.7 Å². The number of hydrogen-bond donors (Lipinski definition) is 0. The number of hydrogen-bond acceptors (Lipinski definition) is 4. The Morgan fingerprint density at radius 2 is 2.00 bits per heavy atom. The van der Waals surface area contributed by atoms with Crippen LogP contribution in [-0.4, -0.2) is 62.1 Å². The van der Waals surface area contributed by atoms with Crippen molar-refractivity contribution < 1.29 is 17.1 Å². The molecule has 5 nitrogen and oxygen atoms in total. The van der Waals surface area contributed by atoms with Crippen molar-refractivity contribution >= 4 is 16.1 Å². The van der Waals surface area contributed by atoms with Crippen molar-refractivity contribution in [3.8, 4) is 0 Å². The third-order valence-corrected chi connectivity index (χ3v) is 4.27. The van der Waals surface area contributed by atoms with Gasteiger partial charge in [-0.3, -0.25) is 4.79 Å². The van der Waals surface area contributed by atoms with Gasteiger partial charge in [-0.25, -0.2) is 0 Å². The lowest BCUT2D eigenvalue weighted by molar-refractivity contribution is -0.127. The third-order valence-electron chi connectivity index (χ3n) is 3.16. The summed E-state index contributed by atoms with van der Waals surface area (Å²) in [6, 6.07) is 0. The normalized spacial score (nSPS) is 21.5. The summed E-state index contributed by atoms with van der Waals surface area (Å²) in [6.45, 7) is 6.93. The Morgan fingerprint density at radius 1 is 1.41 bits per heavy atom. The molecule has 7 heteroatoms. The second-order valence-corrected chi connectivity index (χ2v) is 5.79. The SMILES string of the molecule is CCN(CC)CCN1CC(S(=O)(=O)F)CC1=O. The molecule has 100 valence electrons. The molecule has 1 saturated heterocycles. The lowest BCUT2D eigenvalue weighted by Crippen LogP contribution is -2.36. The van der Waals surface area contributed by atoms with Crippen LogP contribution in [0.1, 0.15) is 20.3 Å². The smallest absolute Gasteiger partial charge is 0.307 e. The molecule has 0 bridgehead atoms. The number of nitrogens with zero attached hydrogens (tertiary/aromatic N) is 2. The Kier molecular flexibility index (Phi) is 4.88. The van der Waals surface area contributed by atoms with Crippen LogP contribution in [-0.2, 0) is 15.0 Å². The first-order valence-electron chi connectivity index (χ1n) is 5.82. The molecule has 1 aliphatic heterocycles. The highest BCUT2D eigenvalue weighted by Crippen LogP contribution is 2.19. The van der Waals surface area contributed by atoms with Crippen LogP contribution in [0.5, 0.6) is 0 Å². The van der Waals surface area contributed by atoms with Crippen molar-refractivity contribution in [2.24, 2.45) is 0 Å². The fourth-order valence-corrected chi connectivity index (χ4v) is 2.64. The molecule has 0 aromatic carbocycles. The molecule has 0 N–H and O–H groups in total. The van der Waals surface area contributed by atoms with Gasteiger partial charge in [0.2, 0.25) is 5.91 Å². The number of carbonyl (C=O) groups excluding carboxylic acids is 1. The minimum atomic E-state index is -4.59. The molecule has 1 amide bonds. The zero-order chi connectivity index (χ0) is 13.1. The van der Waals surface area contributed by atoms with Gasteiger partial charge in [-0.1, -0.05) is 13.8 Å². The number of carbonyl (C=O) groups is 1. The van der Waals surface area contributed by atoms with Crippen molar-refractivity contribution in [1.82, 2.24) is 9.80 Å². The van der Waals surface area contributed by atoms with E-state index in [0.29, 0.717) is 13.1 Å². The van der Waals surface area contributed by atoms with Gasteiger partial charge in [0.05, 0.1) is 0 Å². The Hall–Kier alpha value is -0.690. The second-order valence-electron chi connectivity index (χ2n) is 4.17. The summed E-state index contributed by atoms with van der Waals surface area (Å²) in [5, 5.41) is -1.17. The predicted molar refractivity (Wildman–Crippen MR) is 62.8 cm³/mol. The number of rotatable bonds is 6. The average molecular weight is 266 g/mol. The van der Waals surface area contributed by atoms with E-state index in [-0.39, 0.29) is 18.9 Å². The maximum atomic E-state index is 12.8. The fraction of sp³-hybridized carbons (Fsp3) is 0.900. The van der Waals surface area contributed by atoms with E-state index in [4.69, 9.17) is 0 Å². The molecule has 0 aliphatic carbocycles. The van der Waals surface area contributed by atoms with Crippen molar-refractivity contribution in [3.05, 3.63) is 0 Å². The molecular formula is C10H19FN2O3S. The van der Waals surface area contributed by atoms with E-state index in [1.807, 2.05) is 13.8 Å². The zero-order valence-corrected chi connectivity index (χ0v) is 11.0. The first kappa shape index (κ1) is 14.4. The molecule has 1 atom stereocenters. The molecule has 0 aromatic heterocycles. The number of amides is 1. The summed E-state index contributed by atoms with van der Waals surface area (Å²) >= 11 is 0. The number of likely N-dealkylation sites (tertiary alicyclic amines) is 1. The van der Waals surface area contributed by atoms with Crippen LogP contribution in [0.4, 0.5) is 3.89 Å². The molecule has 0 saturated carbocycles. The van der Waals surface area contributed by atoms with Gasteiger partial charge in [-0.2, -0.15) is 8.42 Å². The minimum absolute atomic E-state index is 0.0149. The van der Waals surface area contributed by atoms with E-state index < -0.39 is 15.5 Å². The summed E-state index contributed by atoms with van der Waals surface area (Å²) in [5.74, 6) is -0.275. The van der Waals surface area contributed by atoms with Gasteiger partial charge < -0.3 is 9.80 Å². The lowest BCUT2D eigenvalue weighted by atomic mass is 10.4. The van der Waals surface area contributed by atoms with E-state index in [1.165, 1.54) is 4.90 Å². The summed E-state index contributed by atoms with van der Waals surface area (Å²) in [6.07, 6.45) is -0.225. The molecule has 0 radical (unpaired) electrons. The molecule has 1 aliphatic rings. The largest absolute Gasteiger partial charge is 0.340 e. The highest BCUT2D eigenvalue weighted by atomic mass is 32.3. The Labute approximate surface area is 102 Å². The van der Waals surface area contributed by atoms with Crippen molar-refractivity contribution in [2.75, 3.05) is 32.7 Å². The summed E-state index contributed by atoms with van der Waals surface area (Å²) in [7, 11) is -4.59. The number of likely N-dealkylation sites (N-methyl/N-ethyl adjacent to an activating group) is 1. The van der Waals surface area contributed by atoms with Crippen LogP contribution < -0.4 is 0 Å². The second kappa shape index (κ2) is 5.77. The molecule has 1 rings (SSSR count). The Bertz CT molecular complexity index is 368. The van der Waals surface area contributed by atoms with E-state index in [0.717, 1.165) is 13.1 Å². The van der Waals surface area contributed by atoms with Gasteiger partial charge in [0.15, 0.2) is 0 Å². The first-order chi connectivity index (χ1) is 7.88. The van der Waals surface area contributed by atoms with Gasteiger partial charge in [0.25, 0.3) is 0 Å². The van der Waals surface area contributed by atoms with Gasteiger partial charge in [0.1, 0.15) is 5.25 Å². The van der Waals surface area contributed by atoms with Crippen molar-refractivity contribution in [1.29, 1.82) is 0 Å². The minimum Gasteiger partial charge on any atom is -0.340 e. The molecule has 1 fully saturated rings. The van der Waals surface area contributed by atoms with Gasteiger partial charge >= 0.3 is 10.2 Å². The van der Waals surface area contributed by atoms with Crippen LogP contribution in [0.2, 0.25) is 0 Å². The summed E-state index contributed by atoms with van der Waals surface area (Å²) < 4.78 is 34.2. The Balaban J connectivity index is 2.49. The lowest BCUT2D eigenvalue weighted by Gasteiger charge is -2.22. The van der Waals surface area contributed by atoms with Gasteiger partial charge in [0, 0.05) is 26.1 Å². The number of halogens is 1. The van der Waals surface area contributed by atoms with Crippen LogP contribution in [0.25, 0.3) is 0 Å². The highest BCUT2D eigenvalue weighted by Gasteiger charge is 2.38. The highest BCUT2D eigenvalue weighted by molar-refractivity contribution is 7.87. The van der Waals surface area contributed by atoms with Crippen molar-refractivity contribution in [3.63, 3.8) is 0 Å². The maximum Gasteiger partial charge on any atom is 0.307 e. The van der Waals surface area contributed by atoms with Crippen molar-refractivity contribution in [2.45, 2.75) is 25.5 Å². The van der Waals surface area contributed by atoms with E-state index in [2.05, 4.69) is 4.90 Å². The van der Waals surface area contributed by atoms with Gasteiger partial charge in [-0.15, -0.1) is 3.89 Å². The van der Waals surface area contributed by atoms with Crippen LogP contribution in [0.3, 0.4) is 0 Å². The third kappa shape index (κ3) is 3.92. The standard InChI is InChI=1S/C10H19FN2O3S/c1-3-12(4-2)5-6-13-8-9(7-10(13)14)17(11,15)16/h9H,3-8H2,1-2H3. The first-order valence-corrected chi connectivity index (χ1v) is 7.26. The summed E-state index contributed by atoms with van der Waals surface area (Å²) in [4.78, 5) is 15.1. The van der Waals surface area contributed by atoms with E-state index in [9.17, 15) is 17.1 Å². The average Bonchev–Trinajstić information content (AvgIpc) is 2.61. The Morgan fingerprint density at radius 3 is 2.41 bits per heavy atom. The van der Waals surface area contributed by atoms with Crippen LogP contribution in [0.15, 0.2) is 0 Å². The molecular weight excluding hydrogens is 247 g/mol. The quantitative estimate of drug-likeness (QED) is 0.646. The molecule has 17 heavy (non-hydrogen) atoms. The molecule has 1 heterocycles. The molecule has 1 unspecified atom stereocenters.